The van der Waals surface area contributed by atoms with Gasteiger partial charge in [-0.3, -0.25) is 4.90 Å². The molecule has 0 bridgehead atoms. The fourth-order valence-corrected chi connectivity index (χ4v) is 2.04. The molecular formula is C11H18N4. The second-order valence-corrected chi connectivity index (χ2v) is 3.87. The van der Waals surface area contributed by atoms with Crippen LogP contribution in [0.15, 0.2) is 18.5 Å². The molecule has 1 N–H and O–H groups in total. The van der Waals surface area contributed by atoms with Crippen molar-refractivity contribution >= 4 is 0 Å². The standard InChI is InChI=1S/C11H18N4/c1-2-15(10-4-7-12-8-10)9-11-13-5-3-6-14-11/h3,5-6,10,12H,2,4,7-9H2,1H3. The van der Waals surface area contributed by atoms with Crippen molar-refractivity contribution in [2.75, 3.05) is 19.6 Å². The molecular weight excluding hydrogens is 188 g/mol. The van der Waals surface area contributed by atoms with Crippen molar-refractivity contribution in [2.24, 2.45) is 0 Å². The van der Waals surface area contributed by atoms with E-state index in [9.17, 15) is 0 Å². The van der Waals surface area contributed by atoms with Crippen LogP contribution in [0.3, 0.4) is 0 Å². The minimum Gasteiger partial charge on any atom is -0.315 e. The number of nitrogens with zero attached hydrogens (tertiary/aromatic N) is 3. The van der Waals surface area contributed by atoms with Crippen molar-refractivity contribution in [2.45, 2.75) is 25.9 Å². The van der Waals surface area contributed by atoms with Crippen molar-refractivity contribution in [3.63, 3.8) is 0 Å². The summed E-state index contributed by atoms with van der Waals surface area (Å²) in [7, 11) is 0. The van der Waals surface area contributed by atoms with E-state index in [4.69, 9.17) is 0 Å². The van der Waals surface area contributed by atoms with Gasteiger partial charge in [-0.25, -0.2) is 9.97 Å². The highest BCUT2D eigenvalue weighted by Gasteiger charge is 2.21. The Bertz CT molecular complexity index is 282. The Morgan fingerprint density at radius 3 is 2.87 bits per heavy atom. The monoisotopic (exact) mass is 206 g/mol. The van der Waals surface area contributed by atoms with E-state index in [-0.39, 0.29) is 0 Å². The van der Waals surface area contributed by atoms with Crippen LogP contribution in [0.1, 0.15) is 19.2 Å². The highest BCUT2D eigenvalue weighted by atomic mass is 15.2. The van der Waals surface area contributed by atoms with E-state index in [2.05, 4.69) is 27.1 Å². The Balaban J connectivity index is 1.96. The van der Waals surface area contributed by atoms with Gasteiger partial charge in [-0.15, -0.1) is 0 Å². The van der Waals surface area contributed by atoms with Crippen molar-refractivity contribution in [3.8, 4) is 0 Å². The highest BCUT2D eigenvalue weighted by molar-refractivity contribution is 4.90. The van der Waals surface area contributed by atoms with Crippen LogP contribution in [-0.4, -0.2) is 40.5 Å². The van der Waals surface area contributed by atoms with Crippen LogP contribution in [0, 0.1) is 0 Å². The maximum atomic E-state index is 4.26. The molecule has 0 radical (unpaired) electrons. The third-order valence-corrected chi connectivity index (χ3v) is 2.92. The molecule has 0 aromatic carbocycles. The van der Waals surface area contributed by atoms with Gasteiger partial charge in [-0.1, -0.05) is 6.92 Å². The van der Waals surface area contributed by atoms with E-state index < -0.39 is 0 Å². The molecule has 4 heteroatoms. The van der Waals surface area contributed by atoms with Crippen LogP contribution in [0.4, 0.5) is 0 Å². The van der Waals surface area contributed by atoms with Crippen LogP contribution in [0.5, 0.6) is 0 Å². The Hall–Kier alpha value is -1.00. The summed E-state index contributed by atoms with van der Waals surface area (Å²) in [5.74, 6) is 0.922. The van der Waals surface area contributed by atoms with Crippen molar-refractivity contribution in [1.82, 2.24) is 20.2 Å². The summed E-state index contributed by atoms with van der Waals surface area (Å²) in [4.78, 5) is 11.0. The van der Waals surface area contributed by atoms with E-state index in [1.165, 1.54) is 6.42 Å². The lowest BCUT2D eigenvalue weighted by Gasteiger charge is -2.25. The zero-order valence-electron chi connectivity index (χ0n) is 9.19. The van der Waals surface area contributed by atoms with Gasteiger partial charge in [0.2, 0.25) is 0 Å². The summed E-state index contributed by atoms with van der Waals surface area (Å²) >= 11 is 0. The lowest BCUT2D eigenvalue weighted by atomic mass is 10.2. The molecule has 1 fully saturated rings. The van der Waals surface area contributed by atoms with Crippen LogP contribution in [0.25, 0.3) is 0 Å². The molecule has 2 heterocycles. The smallest absolute Gasteiger partial charge is 0.142 e. The molecule has 1 aromatic rings. The Morgan fingerprint density at radius 1 is 1.47 bits per heavy atom. The molecule has 15 heavy (non-hydrogen) atoms. The fourth-order valence-electron chi connectivity index (χ4n) is 2.04. The van der Waals surface area contributed by atoms with Crippen molar-refractivity contribution < 1.29 is 0 Å². The number of aromatic nitrogens is 2. The van der Waals surface area contributed by atoms with Gasteiger partial charge in [0.1, 0.15) is 5.82 Å². The highest BCUT2D eigenvalue weighted by Crippen LogP contribution is 2.10. The summed E-state index contributed by atoms with van der Waals surface area (Å²) in [6.07, 6.45) is 4.85. The molecule has 0 spiro atoms. The Labute approximate surface area is 90.7 Å². The van der Waals surface area contributed by atoms with E-state index >= 15 is 0 Å². The molecule has 0 aliphatic carbocycles. The van der Waals surface area contributed by atoms with Gasteiger partial charge >= 0.3 is 0 Å². The lowest BCUT2D eigenvalue weighted by molar-refractivity contribution is 0.205. The van der Waals surface area contributed by atoms with E-state index in [1.807, 2.05) is 18.5 Å². The largest absolute Gasteiger partial charge is 0.315 e. The van der Waals surface area contributed by atoms with E-state index in [0.717, 1.165) is 32.0 Å². The van der Waals surface area contributed by atoms with Crippen LogP contribution in [0.2, 0.25) is 0 Å². The third-order valence-electron chi connectivity index (χ3n) is 2.92. The van der Waals surface area contributed by atoms with E-state index in [1.54, 1.807) is 0 Å². The summed E-state index contributed by atoms with van der Waals surface area (Å²) in [6, 6.07) is 2.51. The van der Waals surface area contributed by atoms with E-state index in [0.29, 0.717) is 6.04 Å². The number of nitrogens with one attached hydrogen (secondary N) is 1. The first-order valence-electron chi connectivity index (χ1n) is 5.61. The molecule has 1 saturated heterocycles. The minimum atomic E-state index is 0.652. The second-order valence-electron chi connectivity index (χ2n) is 3.87. The first-order valence-corrected chi connectivity index (χ1v) is 5.61. The third kappa shape index (κ3) is 2.73. The molecule has 1 atom stereocenters. The normalized spacial score (nSPS) is 21.1. The van der Waals surface area contributed by atoms with Gasteiger partial charge in [-0.2, -0.15) is 0 Å². The zero-order chi connectivity index (χ0) is 10.5. The van der Waals surface area contributed by atoms with Crippen molar-refractivity contribution in [3.05, 3.63) is 24.3 Å². The summed E-state index contributed by atoms with van der Waals surface area (Å²) in [6.45, 7) is 6.35. The zero-order valence-corrected chi connectivity index (χ0v) is 9.19. The Kier molecular flexibility index (Phi) is 3.64. The molecule has 1 aliphatic heterocycles. The predicted molar refractivity (Wildman–Crippen MR) is 59.4 cm³/mol. The van der Waals surface area contributed by atoms with Gasteiger partial charge in [0.25, 0.3) is 0 Å². The molecule has 0 amide bonds. The number of hydrogen-bond donors (Lipinski definition) is 1. The predicted octanol–water partition coefficient (Wildman–Crippen LogP) is 0.660. The van der Waals surface area contributed by atoms with Gasteiger partial charge in [0.15, 0.2) is 0 Å². The molecule has 1 aliphatic rings. The van der Waals surface area contributed by atoms with Crippen LogP contribution in [-0.2, 0) is 6.54 Å². The average Bonchev–Trinajstić information content (AvgIpc) is 2.81. The Morgan fingerprint density at radius 2 is 2.27 bits per heavy atom. The summed E-state index contributed by atoms with van der Waals surface area (Å²) in [5.41, 5.74) is 0. The quantitative estimate of drug-likeness (QED) is 0.786. The van der Waals surface area contributed by atoms with Crippen LogP contribution >= 0.6 is 0 Å². The molecule has 82 valence electrons. The molecule has 1 aromatic heterocycles. The SMILES string of the molecule is CCN(Cc1ncccn1)C1CCNC1. The first kappa shape index (κ1) is 10.5. The topological polar surface area (TPSA) is 41.1 Å². The second kappa shape index (κ2) is 5.19. The van der Waals surface area contributed by atoms with Gasteiger partial charge in [-0.05, 0) is 25.6 Å². The molecule has 2 rings (SSSR count). The number of likely N-dealkylation sites (N-methyl/N-ethyl adjacent to an activating group) is 1. The van der Waals surface area contributed by atoms with Gasteiger partial charge in [0, 0.05) is 25.0 Å². The molecule has 4 nitrogen and oxygen atoms in total. The maximum Gasteiger partial charge on any atom is 0.142 e. The molecule has 0 saturated carbocycles. The first-order chi connectivity index (χ1) is 7.40. The minimum absolute atomic E-state index is 0.652. The lowest BCUT2D eigenvalue weighted by Crippen LogP contribution is -2.36. The number of hydrogen-bond acceptors (Lipinski definition) is 4. The van der Waals surface area contributed by atoms with Crippen molar-refractivity contribution in [1.29, 1.82) is 0 Å². The summed E-state index contributed by atoms with van der Waals surface area (Å²) < 4.78 is 0. The molecule has 1 unspecified atom stereocenters. The van der Waals surface area contributed by atoms with Gasteiger partial charge in [0.05, 0.1) is 6.54 Å². The van der Waals surface area contributed by atoms with Crippen LogP contribution < -0.4 is 5.32 Å². The maximum absolute atomic E-state index is 4.26. The summed E-state index contributed by atoms with van der Waals surface area (Å²) in [5, 5.41) is 3.39. The average molecular weight is 206 g/mol. The number of rotatable bonds is 4. The fraction of sp³-hybridized carbons (Fsp3) is 0.636. The van der Waals surface area contributed by atoms with Gasteiger partial charge < -0.3 is 5.32 Å².